The van der Waals surface area contributed by atoms with Crippen molar-refractivity contribution in [3.05, 3.63) is 71.8 Å². The molecule has 1 unspecified atom stereocenters. The van der Waals surface area contributed by atoms with E-state index in [1.807, 2.05) is 24.3 Å². The first-order valence-electron chi connectivity index (χ1n) is 8.67. The summed E-state index contributed by atoms with van der Waals surface area (Å²) in [7, 11) is 1.53. The summed E-state index contributed by atoms with van der Waals surface area (Å²) in [6.07, 6.45) is 0. The van der Waals surface area contributed by atoms with Gasteiger partial charge in [0.1, 0.15) is 23.3 Å². The van der Waals surface area contributed by atoms with Crippen LogP contribution in [0, 0.1) is 5.82 Å². The lowest BCUT2D eigenvalue weighted by Gasteiger charge is -2.16. The van der Waals surface area contributed by atoms with Crippen LogP contribution in [0.25, 0.3) is 10.9 Å². The first-order chi connectivity index (χ1) is 13.7. The molecule has 0 radical (unpaired) electrons. The zero-order chi connectivity index (χ0) is 19.5. The number of fused-ring (bicyclic) bond motifs is 1. The monoisotopic (exact) mass is 379 g/mol. The minimum atomic E-state index is -0.484. The number of aliphatic hydroxyl groups excluding tert-OH is 1. The molecule has 0 saturated heterocycles. The largest absolute Gasteiger partial charge is 0.480 e. The molecule has 0 fully saturated rings. The van der Waals surface area contributed by atoms with E-state index in [1.165, 1.54) is 19.2 Å². The van der Waals surface area contributed by atoms with Crippen LogP contribution in [0.3, 0.4) is 0 Å². The summed E-state index contributed by atoms with van der Waals surface area (Å²) >= 11 is 0. The molecule has 2 heterocycles. The van der Waals surface area contributed by atoms with Gasteiger partial charge in [-0.2, -0.15) is 0 Å². The van der Waals surface area contributed by atoms with Gasteiger partial charge in [-0.05, 0) is 29.8 Å². The van der Waals surface area contributed by atoms with E-state index in [1.54, 1.807) is 18.2 Å². The van der Waals surface area contributed by atoms with E-state index in [2.05, 4.69) is 25.5 Å². The minimum Gasteiger partial charge on any atom is -0.480 e. The van der Waals surface area contributed by atoms with Gasteiger partial charge in [-0.1, -0.05) is 24.3 Å². The molecule has 8 heteroatoms. The average Bonchev–Trinajstić information content (AvgIpc) is 3.18. The van der Waals surface area contributed by atoms with Crippen molar-refractivity contribution in [3.63, 3.8) is 0 Å². The van der Waals surface area contributed by atoms with Crippen molar-refractivity contribution in [1.29, 1.82) is 0 Å². The number of hydrogen-bond donors (Lipinski definition) is 3. The second kappa shape index (κ2) is 7.61. The van der Waals surface area contributed by atoms with Crippen molar-refractivity contribution in [2.75, 3.05) is 19.0 Å². The molecule has 28 heavy (non-hydrogen) atoms. The van der Waals surface area contributed by atoms with E-state index < -0.39 is 5.92 Å². The van der Waals surface area contributed by atoms with Gasteiger partial charge in [0.05, 0.1) is 25.2 Å². The SMILES string of the molecule is COc1cc(Nc2nc(C(CO)c3ccc(F)cc3)nc3ccccc23)[nH]n1. The smallest absolute Gasteiger partial charge is 0.234 e. The molecule has 2 aromatic heterocycles. The van der Waals surface area contributed by atoms with Gasteiger partial charge >= 0.3 is 0 Å². The number of ether oxygens (including phenoxy) is 1. The summed E-state index contributed by atoms with van der Waals surface area (Å²) in [6.45, 7) is -0.207. The van der Waals surface area contributed by atoms with Crippen LogP contribution < -0.4 is 10.1 Å². The number of benzene rings is 2. The lowest BCUT2D eigenvalue weighted by Crippen LogP contribution is -2.12. The van der Waals surface area contributed by atoms with E-state index in [0.29, 0.717) is 23.3 Å². The molecule has 0 spiro atoms. The van der Waals surface area contributed by atoms with Crippen LogP contribution in [0.5, 0.6) is 5.88 Å². The molecule has 3 N–H and O–H groups in total. The molecule has 0 aliphatic carbocycles. The first kappa shape index (κ1) is 17.9. The van der Waals surface area contributed by atoms with Crippen molar-refractivity contribution in [2.45, 2.75) is 5.92 Å². The van der Waals surface area contributed by atoms with Crippen LogP contribution in [-0.4, -0.2) is 39.0 Å². The maximum atomic E-state index is 13.3. The fraction of sp³-hybridized carbons (Fsp3) is 0.150. The summed E-state index contributed by atoms with van der Waals surface area (Å²) in [5.74, 6) is 1.22. The number of halogens is 1. The molecular weight excluding hydrogens is 361 g/mol. The number of nitrogens with zero attached hydrogens (tertiary/aromatic N) is 3. The van der Waals surface area contributed by atoms with Crippen molar-refractivity contribution in [1.82, 2.24) is 20.2 Å². The highest BCUT2D eigenvalue weighted by Crippen LogP contribution is 2.29. The Balaban J connectivity index is 1.79. The normalized spacial score (nSPS) is 12.1. The van der Waals surface area contributed by atoms with E-state index >= 15 is 0 Å². The molecule has 1 atom stereocenters. The summed E-state index contributed by atoms with van der Waals surface area (Å²) < 4.78 is 18.4. The number of aromatic amines is 1. The maximum absolute atomic E-state index is 13.3. The molecule has 4 aromatic rings. The number of anilines is 2. The van der Waals surface area contributed by atoms with Crippen molar-refractivity contribution < 1.29 is 14.2 Å². The van der Waals surface area contributed by atoms with Gasteiger partial charge in [0.25, 0.3) is 0 Å². The highest BCUT2D eigenvalue weighted by Gasteiger charge is 2.19. The first-order valence-corrected chi connectivity index (χ1v) is 8.67. The number of rotatable bonds is 6. The summed E-state index contributed by atoms with van der Waals surface area (Å²) in [5.41, 5.74) is 1.45. The lowest BCUT2D eigenvalue weighted by atomic mass is 9.99. The van der Waals surface area contributed by atoms with Crippen LogP contribution in [0.1, 0.15) is 17.3 Å². The molecule has 0 amide bonds. The third kappa shape index (κ3) is 3.49. The predicted octanol–water partition coefficient (Wildman–Crippen LogP) is 3.37. The van der Waals surface area contributed by atoms with Crippen molar-refractivity contribution in [3.8, 4) is 5.88 Å². The van der Waals surface area contributed by atoms with Crippen LogP contribution in [-0.2, 0) is 0 Å². The molecule has 4 rings (SSSR count). The Labute approximate surface area is 160 Å². The number of aromatic nitrogens is 4. The topological polar surface area (TPSA) is 96.0 Å². The third-order valence-corrected chi connectivity index (χ3v) is 4.40. The van der Waals surface area contributed by atoms with Crippen LogP contribution >= 0.6 is 0 Å². The predicted molar refractivity (Wildman–Crippen MR) is 103 cm³/mol. The van der Waals surface area contributed by atoms with Gasteiger partial charge < -0.3 is 15.2 Å². The number of hydrogen-bond acceptors (Lipinski definition) is 6. The summed E-state index contributed by atoms with van der Waals surface area (Å²) in [5, 5.41) is 20.8. The molecule has 7 nitrogen and oxygen atoms in total. The number of H-pyrrole nitrogens is 1. The number of para-hydroxylation sites is 1. The molecule has 2 aromatic carbocycles. The Morgan fingerprint density at radius 2 is 1.93 bits per heavy atom. The van der Waals surface area contributed by atoms with Crippen LogP contribution in [0.15, 0.2) is 54.6 Å². The molecule has 0 bridgehead atoms. The Morgan fingerprint density at radius 1 is 1.14 bits per heavy atom. The van der Waals surface area contributed by atoms with E-state index in [-0.39, 0.29) is 12.4 Å². The maximum Gasteiger partial charge on any atom is 0.234 e. The molecule has 0 aliphatic heterocycles. The van der Waals surface area contributed by atoms with E-state index in [4.69, 9.17) is 4.74 Å². The number of nitrogens with one attached hydrogen (secondary N) is 2. The van der Waals surface area contributed by atoms with Gasteiger partial charge in [-0.25, -0.2) is 14.4 Å². The van der Waals surface area contributed by atoms with Gasteiger partial charge in [0.2, 0.25) is 5.88 Å². The van der Waals surface area contributed by atoms with Crippen molar-refractivity contribution >= 4 is 22.5 Å². The van der Waals surface area contributed by atoms with Crippen LogP contribution in [0.2, 0.25) is 0 Å². The number of methoxy groups -OCH3 is 1. The standard InChI is InChI=1S/C20H18FN5O2/c1-28-18-10-17(25-26-18)23-19-14-4-2-3-5-16(14)22-20(24-19)15(11-27)12-6-8-13(21)9-7-12/h2-10,15,27H,11H2,1H3,(H2,22,23,24,25,26). The molecule has 0 aliphatic rings. The van der Waals surface area contributed by atoms with Gasteiger partial charge in [-0.3, -0.25) is 5.10 Å². The Morgan fingerprint density at radius 3 is 2.64 bits per heavy atom. The molecule has 0 saturated carbocycles. The molecular formula is C20H18FN5O2. The van der Waals surface area contributed by atoms with Gasteiger partial charge in [0, 0.05) is 11.5 Å². The Bertz CT molecular complexity index is 1100. The van der Waals surface area contributed by atoms with Gasteiger partial charge in [-0.15, -0.1) is 5.10 Å². The molecule has 142 valence electrons. The highest BCUT2D eigenvalue weighted by molar-refractivity contribution is 5.90. The highest BCUT2D eigenvalue weighted by atomic mass is 19.1. The quantitative estimate of drug-likeness (QED) is 0.475. The fourth-order valence-corrected chi connectivity index (χ4v) is 2.98. The lowest BCUT2D eigenvalue weighted by molar-refractivity contribution is 0.277. The second-order valence-electron chi connectivity index (χ2n) is 6.18. The Hall–Kier alpha value is -3.52. The van der Waals surface area contributed by atoms with Crippen molar-refractivity contribution in [2.24, 2.45) is 0 Å². The second-order valence-corrected chi connectivity index (χ2v) is 6.18. The average molecular weight is 379 g/mol. The zero-order valence-corrected chi connectivity index (χ0v) is 15.1. The minimum absolute atomic E-state index is 0.207. The Kier molecular flexibility index (Phi) is 4.86. The number of aliphatic hydroxyl groups is 1. The summed E-state index contributed by atoms with van der Waals surface area (Å²) in [4.78, 5) is 9.25. The van der Waals surface area contributed by atoms with Gasteiger partial charge in [0.15, 0.2) is 0 Å². The van der Waals surface area contributed by atoms with E-state index in [9.17, 15) is 9.50 Å². The summed E-state index contributed by atoms with van der Waals surface area (Å²) in [6, 6.07) is 15.2. The van der Waals surface area contributed by atoms with Crippen LogP contribution in [0.4, 0.5) is 16.0 Å². The zero-order valence-electron chi connectivity index (χ0n) is 15.1. The third-order valence-electron chi connectivity index (χ3n) is 4.40. The fourth-order valence-electron chi connectivity index (χ4n) is 2.98. The van der Waals surface area contributed by atoms with E-state index in [0.717, 1.165) is 16.5 Å².